The van der Waals surface area contributed by atoms with Crippen molar-refractivity contribution in [1.29, 1.82) is 0 Å². The molecule has 1 saturated carbocycles. The molecule has 1 atom stereocenters. The second-order valence-corrected chi connectivity index (χ2v) is 4.49. The summed E-state index contributed by atoms with van der Waals surface area (Å²) in [5, 5.41) is 0.892. The summed E-state index contributed by atoms with van der Waals surface area (Å²) < 4.78 is 0. The van der Waals surface area contributed by atoms with E-state index in [1.807, 2.05) is 6.07 Å². The third kappa shape index (κ3) is 1.05. The van der Waals surface area contributed by atoms with Crippen molar-refractivity contribution in [2.75, 3.05) is 0 Å². The van der Waals surface area contributed by atoms with Gasteiger partial charge >= 0.3 is 0 Å². The number of benzene rings is 1. The summed E-state index contributed by atoms with van der Waals surface area (Å²) in [7, 11) is 0. The lowest BCUT2D eigenvalue weighted by Crippen LogP contribution is -2.27. The third-order valence-corrected chi connectivity index (χ3v) is 3.58. The molecule has 1 radical (unpaired) electrons. The predicted octanol–water partition coefficient (Wildman–Crippen LogP) is 3.93. The van der Waals surface area contributed by atoms with Crippen LogP contribution in [-0.4, -0.2) is 0 Å². The standard InChI is InChI=1S/C12H12Cl/c13-8-5-6-11-9-3-1-2-4-10(9)12(11)7-8/h5-7,10H,1-4H2. The lowest BCUT2D eigenvalue weighted by atomic mass is 9.61. The molecule has 1 unspecified atom stereocenters. The van der Waals surface area contributed by atoms with Crippen molar-refractivity contribution in [2.45, 2.75) is 31.6 Å². The zero-order chi connectivity index (χ0) is 8.84. The Bertz CT molecular complexity index is 343. The molecule has 1 aromatic carbocycles. The summed E-state index contributed by atoms with van der Waals surface area (Å²) in [6.07, 6.45) is 5.44. The molecule has 67 valence electrons. The van der Waals surface area contributed by atoms with Gasteiger partial charge in [0.1, 0.15) is 0 Å². The van der Waals surface area contributed by atoms with Crippen molar-refractivity contribution < 1.29 is 0 Å². The summed E-state index contributed by atoms with van der Waals surface area (Å²) in [6.45, 7) is 0. The normalized spacial score (nSPS) is 26.1. The van der Waals surface area contributed by atoms with Gasteiger partial charge in [0.25, 0.3) is 0 Å². The Hall–Kier alpha value is -0.490. The van der Waals surface area contributed by atoms with Gasteiger partial charge in [0.2, 0.25) is 0 Å². The van der Waals surface area contributed by atoms with Gasteiger partial charge < -0.3 is 0 Å². The van der Waals surface area contributed by atoms with Crippen molar-refractivity contribution in [3.63, 3.8) is 0 Å². The minimum atomic E-state index is 0.766. The topological polar surface area (TPSA) is 0 Å². The Kier molecular flexibility index (Phi) is 1.66. The van der Waals surface area contributed by atoms with Gasteiger partial charge in [-0.3, -0.25) is 0 Å². The molecule has 1 fully saturated rings. The highest BCUT2D eigenvalue weighted by molar-refractivity contribution is 6.30. The van der Waals surface area contributed by atoms with Gasteiger partial charge in [0.15, 0.2) is 0 Å². The maximum Gasteiger partial charge on any atom is 0.0409 e. The molecular weight excluding hydrogens is 180 g/mol. The SMILES string of the molecule is Clc1ccc2c(c1)C1CCCC[C]21. The maximum atomic E-state index is 5.97. The minimum absolute atomic E-state index is 0.766. The highest BCUT2D eigenvalue weighted by Crippen LogP contribution is 2.54. The van der Waals surface area contributed by atoms with Gasteiger partial charge in [-0.1, -0.05) is 30.5 Å². The van der Waals surface area contributed by atoms with Crippen LogP contribution >= 0.6 is 11.6 Å². The van der Waals surface area contributed by atoms with E-state index in [9.17, 15) is 0 Å². The van der Waals surface area contributed by atoms with Crippen LogP contribution in [0.1, 0.15) is 42.7 Å². The van der Waals surface area contributed by atoms with Crippen LogP contribution in [0.2, 0.25) is 5.02 Å². The Morgan fingerprint density at radius 1 is 1.23 bits per heavy atom. The van der Waals surface area contributed by atoms with Crippen LogP contribution in [0, 0.1) is 5.92 Å². The summed E-state index contributed by atoms with van der Waals surface area (Å²) >= 11 is 5.97. The van der Waals surface area contributed by atoms with E-state index in [0.717, 1.165) is 10.9 Å². The van der Waals surface area contributed by atoms with Gasteiger partial charge in [-0.15, -0.1) is 0 Å². The Morgan fingerprint density at radius 2 is 2.15 bits per heavy atom. The van der Waals surface area contributed by atoms with Crippen LogP contribution in [0.5, 0.6) is 0 Å². The van der Waals surface area contributed by atoms with E-state index in [4.69, 9.17) is 11.6 Å². The molecule has 0 spiro atoms. The Balaban J connectivity index is 2.03. The quantitative estimate of drug-likeness (QED) is 0.583. The van der Waals surface area contributed by atoms with Gasteiger partial charge in [0, 0.05) is 10.9 Å². The van der Waals surface area contributed by atoms with Gasteiger partial charge in [-0.25, -0.2) is 0 Å². The second kappa shape index (κ2) is 2.75. The first kappa shape index (κ1) is 7.87. The van der Waals surface area contributed by atoms with Crippen LogP contribution in [-0.2, 0) is 0 Å². The number of fused-ring (bicyclic) bond motifs is 4. The molecular formula is C12H12Cl. The van der Waals surface area contributed by atoms with E-state index in [1.54, 1.807) is 5.92 Å². The van der Waals surface area contributed by atoms with Gasteiger partial charge in [0.05, 0.1) is 0 Å². The minimum Gasteiger partial charge on any atom is -0.0843 e. The van der Waals surface area contributed by atoms with Gasteiger partial charge in [-0.05, 0) is 42.0 Å². The van der Waals surface area contributed by atoms with E-state index >= 15 is 0 Å². The Labute approximate surface area is 83.9 Å². The van der Waals surface area contributed by atoms with E-state index in [2.05, 4.69) is 12.1 Å². The predicted molar refractivity (Wildman–Crippen MR) is 55.0 cm³/mol. The van der Waals surface area contributed by atoms with Crippen LogP contribution < -0.4 is 0 Å². The number of halogens is 1. The van der Waals surface area contributed by atoms with E-state index in [-0.39, 0.29) is 0 Å². The fourth-order valence-corrected chi connectivity index (χ4v) is 2.90. The summed E-state index contributed by atoms with van der Waals surface area (Å²) in [6, 6.07) is 6.35. The molecule has 2 aliphatic carbocycles. The van der Waals surface area contributed by atoms with Gasteiger partial charge in [-0.2, -0.15) is 0 Å². The van der Waals surface area contributed by atoms with E-state index < -0.39 is 0 Å². The largest absolute Gasteiger partial charge is 0.0843 e. The average Bonchev–Trinajstić information content (AvgIpc) is 2.15. The molecule has 0 saturated heterocycles. The van der Waals surface area contributed by atoms with E-state index in [1.165, 1.54) is 36.8 Å². The Morgan fingerprint density at radius 3 is 3.08 bits per heavy atom. The first-order chi connectivity index (χ1) is 6.36. The summed E-state index contributed by atoms with van der Waals surface area (Å²) in [5.74, 6) is 2.46. The highest BCUT2D eigenvalue weighted by Gasteiger charge is 2.39. The molecule has 13 heavy (non-hydrogen) atoms. The lowest BCUT2D eigenvalue weighted by molar-refractivity contribution is 0.455. The first-order valence-electron chi connectivity index (χ1n) is 5.02. The van der Waals surface area contributed by atoms with E-state index in [0.29, 0.717) is 0 Å². The van der Waals surface area contributed by atoms with Crippen LogP contribution in [0.15, 0.2) is 18.2 Å². The zero-order valence-corrected chi connectivity index (χ0v) is 8.27. The maximum absolute atomic E-state index is 5.97. The second-order valence-electron chi connectivity index (χ2n) is 4.06. The molecule has 0 N–H and O–H groups in total. The molecule has 0 amide bonds. The number of hydrogen-bond donors (Lipinski definition) is 0. The fraction of sp³-hybridized carbons (Fsp3) is 0.417. The summed E-state index contributed by atoms with van der Waals surface area (Å²) in [5.41, 5.74) is 3.00. The average molecular weight is 192 g/mol. The molecule has 0 bridgehead atoms. The van der Waals surface area contributed by atoms with Crippen molar-refractivity contribution in [3.8, 4) is 0 Å². The number of rotatable bonds is 0. The highest BCUT2D eigenvalue weighted by atomic mass is 35.5. The fourth-order valence-electron chi connectivity index (χ4n) is 2.71. The molecule has 2 aliphatic rings. The van der Waals surface area contributed by atoms with Crippen molar-refractivity contribution in [2.24, 2.45) is 0 Å². The molecule has 0 nitrogen and oxygen atoms in total. The smallest absolute Gasteiger partial charge is 0.0409 e. The molecule has 3 rings (SSSR count). The molecule has 1 heteroatoms. The van der Waals surface area contributed by atoms with Crippen LogP contribution in [0.4, 0.5) is 0 Å². The number of hydrogen-bond acceptors (Lipinski definition) is 0. The molecule has 0 heterocycles. The lowest BCUT2D eigenvalue weighted by Gasteiger charge is -2.42. The monoisotopic (exact) mass is 191 g/mol. The third-order valence-electron chi connectivity index (χ3n) is 3.34. The molecule has 1 aromatic rings. The van der Waals surface area contributed by atoms with Crippen LogP contribution in [0.3, 0.4) is 0 Å². The van der Waals surface area contributed by atoms with Crippen molar-refractivity contribution in [1.82, 2.24) is 0 Å². The molecule has 0 aromatic heterocycles. The van der Waals surface area contributed by atoms with Crippen LogP contribution in [0.25, 0.3) is 0 Å². The summed E-state index contributed by atoms with van der Waals surface area (Å²) in [4.78, 5) is 0. The van der Waals surface area contributed by atoms with Crippen molar-refractivity contribution in [3.05, 3.63) is 40.3 Å². The first-order valence-corrected chi connectivity index (χ1v) is 5.39. The zero-order valence-electron chi connectivity index (χ0n) is 7.52. The van der Waals surface area contributed by atoms with Crippen molar-refractivity contribution >= 4 is 11.6 Å². The molecule has 0 aliphatic heterocycles.